The van der Waals surface area contributed by atoms with E-state index in [2.05, 4.69) is 10.1 Å². The molecule has 15 heavy (non-hydrogen) atoms. The molecule has 3 unspecified atom stereocenters. The summed E-state index contributed by atoms with van der Waals surface area (Å²) in [6.07, 6.45) is 2.81. The molecule has 0 aromatic rings. The molecule has 0 amide bonds. The van der Waals surface area contributed by atoms with E-state index in [1.807, 2.05) is 0 Å². The van der Waals surface area contributed by atoms with Crippen LogP contribution in [-0.4, -0.2) is 46.9 Å². The van der Waals surface area contributed by atoms with Crippen LogP contribution in [0, 0.1) is 5.92 Å². The Morgan fingerprint density at radius 3 is 3.20 bits per heavy atom. The van der Waals surface area contributed by atoms with E-state index in [1.54, 1.807) is 0 Å². The second kappa shape index (κ2) is 2.95. The second-order valence-electron chi connectivity index (χ2n) is 4.75. The predicted octanol–water partition coefficient (Wildman–Crippen LogP) is 0.312. The van der Waals surface area contributed by atoms with Gasteiger partial charge in [-0.15, -0.1) is 0 Å². The molecule has 0 saturated carbocycles. The lowest BCUT2D eigenvalue weighted by molar-refractivity contribution is -0.129. The van der Waals surface area contributed by atoms with Gasteiger partial charge >= 0.3 is 5.97 Å². The fraction of sp³-hybridized carbons (Fsp3) is 0.800. The van der Waals surface area contributed by atoms with Crippen LogP contribution in [0.2, 0.25) is 0 Å². The number of carboxylic acid groups (broad SMARTS) is 1. The van der Waals surface area contributed by atoms with Crippen molar-refractivity contribution < 1.29 is 14.7 Å². The van der Waals surface area contributed by atoms with E-state index < -0.39 is 5.97 Å². The Morgan fingerprint density at radius 1 is 1.67 bits per heavy atom. The molecule has 3 aliphatic heterocycles. The van der Waals surface area contributed by atoms with Crippen molar-refractivity contribution >= 4 is 11.7 Å². The zero-order chi connectivity index (χ0) is 10.5. The van der Waals surface area contributed by atoms with Crippen LogP contribution in [-0.2, 0) is 9.63 Å². The highest BCUT2D eigenvalue weighted by molar-refractivity contribution is 6.36. The van der Waals surface area contributed by atoms with Crippen molar-refractivity contribution in [3.63, 3.8) is 0 Å². The van der Waals surface area contributed by atoms with Crippen LogP contribution < -0.4 is 0 Å². The normalized spacial score (nSPS) is 42.8. The Balaban J connectivity index is 1.81. The molecule has 0 aromatic carbocycles. The molecule has 0 aromatic heterocycles. The summed E-state index contributed by atoms with van der Waals surface area (Å²) >= 11 is 0. The molecular formula is C10H14N2O3. The van der Waals surface area contributed by atoms with E-state index in [0.717, 1.165) is 26.1 Å². The average Bonchev–Trinajstić information content (AvgIpc) is 2.72. The van der Waals surface area contributed by atoms with Gasteiger partial charge in [-0.05, 0) is 19.4 Å². The van der Waals surface area contributed by atoms with Crippen molar-refractivity contribution in [3.05, 3.63) is 0 Å². The molecule has 2 saturated heterocycles. The van der Waals surface area contributed by atoms with Gasteiger partial charge < -0.3 is 9.94 Å². The number of rotatable bonds is 1. The lowest BCUT2D eigenvalue weighted by Crippen LogP contribution is -2.38. The zero-order valence-electron chi connectivity index (χ0n) is 8.48. The van der Waals surface area contributed by atoms with Gasteiger partial charge in [-0.1, -0.05) is 5.16 Å². The van der Waals surface area contributed by atoms with E-state index in [9.17, 15) is 4.79 Å². The fourth-order valence-corrected chi connectivity index (χ4v) is 3.05. The number of fused-ring (bicyclic) bond motifs is 3. The standard InChI is InChI=1S/C10H14N2O3/c13-9(14)8-4-10(15-11-8)6-12-3-1-2-7(10)5-12/h7H,1-6H2,(H,13,14). The van der Waals surface area contributed by atoms with Crippen molar-refractivity contribution in [1.82, 2.24) is 4.90 Å². The topological polar surface area (TPSA) is 62.1 Å². The molecule has 1 N–H and O–H groups in total. The number of piperidine rings is 1. The van der Waals surface area contributed by atoms with Crippen LogP contribution in [0.5, 0.6) is 0 Å². The van der Waals surface area contributed by atoms with Crippen LogP contribution in [0.3, 0.4) is 0 Å². The lowest BCUT2D eigenvalue weighted by Gasteiger charge is -2.26. The number of nitrogens with zero attached hydrogens (tertiary/aromatic N) is 2. The summed E-state index contributed by atoms with van der Waals surface area (Å²) in [6.45, 7) is 3.00. The van der Waals surface area contributed by atoms with Crippen LogP contribution in [0.25, 0.3) is 0 Å². The Hall–Kier alpha value is -1.10. The van der Waals surface area contributed by atoms with E-state index >= 15 is 0 Å². The van der Waals surface area contributed by atoms with Gasteiger partial charge in [0.2, 0.25) is 0 Å². The molecular weight excluding hydrogens is 196 g/mol. The Labute approximate surface area is 87.7 Å². The molecule has 5 heteroatoms. The van der Waals surface area contributed by atoms with Gasteiger partial charge in [-0.2, -0.15) is 0 Å². The molecule has 1 spiro atoms. The van der Waals surface area contributed by atoms with Gasteiger partial charge in [0.15, 0.2) is 11.3 Å². The van der Waals surface area contributed by atoms with Crippen molar-refractivity contribution in [3.8, 4) is 0 Å². The summed E-state index contributed by atoms with van der Waals surface area (Å²) in [6, 6.07) is 0. The highest BCUT2D eigenvalue weighted by Crippen LogP contribution is 2.43. The quantitative estimate of drug-likeness (QED) is 0.676. The summed E-state index contributed by atoms with van der Waals surface area (Å²) in [5.41, 5.74) is -0.131. The van der Waals surface area contributed by atoms with Crippen LogP contribution >= 0.6 is 0 Å². The molecule has 3 aliphatic rings. The van der Waals surface area contributed by atoms with Gasteiger partial charge in [0, 0.05) is 25.4 Å². The van der Waals surface area contributed by atoms with Gasteiger partial charge in [0.05, 0.1) is 0 Å². The van der Waals surface area contributed by atoms with Gasteiger partial charge in [-0.25, -0.2) is 4.79 Å². The number of hydrogen-bond donors (Lipinski definition) is 1. The van der Waals surface area contributed by atoms with Crippen molar-refractivity contribution in [2.24, 2.45) is 11.1 Å². The number of carboxylic acids is 1. The van der Waals surface area contributed by atoms with Gasteiger partial charge in [-0.3, -0.25) is 4.90 Å². The number of hydrogen-bond acceptors (Lipinski definition) is 4. The molecule has 0 aliphatic carbocycles. The molecule has 3 heterocycles. The van der Waals surface area contributed by atoms with E-state index in [1.165, 1.54) is 6.42 Å². The fourth-order valence-electron chi connectivity index (χ4n) is 3.05. The van der Waals surface area contributed by atoms with Gasteiger partial charge in [0.1, 0.15) is 0 Å². The monoisotopic (exact) mass is 210 g/mol. The van der Waals surface area contributed by atoms with E-state index in [4.69, 9.17) is 9.94 Å². The largest absolute Gasteiger partial charge is 0.477 e. The summed E-state index contributed by atoms with van der Waals surface area (Å²) in [4.78, 5) is 18.6. The Morgan fingerprint density at radius 2 is 2.53 bits per heavy atom. The minimum Gasteiger partial charge on any atom is -0.477 e. The predicted molar refractivity (Wildman–Crippen MR) is 52.7 cm³/mol. The highest BCUT2D eigenvalue weighted by Gasteiger charge is 2.54. The first-order valence-electron chi connectivity index (χ1n) is 5.40. The highest BCUT2D eigenvalue weighted by atomic mass is 16.7. The van der Waals surface area contributed by atoms with Crippen molar-refractivity contribution in [2.45, 2.75) is 24.9 Å². The average molecular weight is 210 g/mol. The molecule has 82 valence electrons. The van der Waals surface area contributed by atoms with E-state index in [-0.39, 0.29) is 11.3 Å². The maximum Gasteiger partial charge on any atom is 0.353 e. The summed E-state index contributed by atoms with van der Waals surface area (Å²) in [5, 5.41) is 12.6. The third-order valence-corrected chi connectivity index (χ3v) is 3.79. The maximum absolute atomic E-state index is 10.8. The van der Waals surface area contributed by atoms with Crippen LogP contribution in [0.1, 0.15) is 19.3 Å². The summed E-state index contributed by atoms with van der Waals surface area (Å²) in [5.74, 6) is -0.477. The Kier molecular flexibility index (Phi) is 1.80. The summed E-state index contributed by atoms with van der Waals surface area (Å²) < 4.78 is 0. The number of oxime groups is 1. The molecule has 2 fully saturated rings. The minimum absolute atomic E-state index is 0.184. The van der Waals surface area contributed by atoms with Crippen molar-refractivity contribution in [2.75, 3.05) is 19.6 Å². The SMILES string of the molecule is O=C(O)C1=NOC2(C1)CN1CCCC2C1. The molecule has 5 nitrogen and oxygen atoms in total. The third-order valence-electron chi connectivity index (χ3n) is 3.79. The van der Waals surface area contributed by atoms with E-state index in [0.29, 0.717) is 12.3 Å². The number of aliphatic carboxylic acids is 1. The second-order valence-corrected chi connectivity index (χ2v) is 4.75. The minimum atomic E-state index is -0.941. The molecule has 2 bridgehead atoms. The molecule has 3 rings (SSSR count). The van der Waals surface area contributed by atoms with Crippen LogP contribution in [0.4, 0.5) is 0 Å². The first-order chi connectivity index (χ1) is 7.20. The molecule has 0 radical (unpaired) electrons. The first-order valence-corrected chi connectivity index (χ1v) is 5.40. The third kappa shape index (κ3) is 1.26. The Bertz CT molecular complexity index is 342. The van der Waals surface area contributed by atoms with Crippen molar-refractivity contribution in [1.29, 1.82) is 0 Å². The van der Waals surface area contributed by atoms with Gasteiger partial charge in [0.25, 0.3) is 0 Å². The summed E-state index contributed by atoms with van der Waals surface area (Å²) in [7, 11) is 0. The molecule has 3 atom stereocenters. The maximum atomic E-state index is 10.8. The smallest absolute Gasteiger partial charge is 0.353 e. The first kappa shape index (κ1) is 9.15. The van der Waals surface area contributed by atoms with Crippen LogP contribution in [0.15, 0.2) is 5.16 Å². The zero-order valence-corrected chi connectivity index (χ0v) is 8.48. The lowest BCUT2D eigenvalue weighted by atomic mass is 9.83. The number of carbonyl (C=O) groups is 1.